The van der Waals surface area contributed by atoms with Crippen molar-refractivity contribution in [3.05, 3.63) is 85.1 Å². The highest BCUT2D eigenvalue weighted by Crippen LogP contribution is 2.39. The fourth-order valence-corrected chi connectivity index (χ4v) is 4.19. The first kappa shape index (κ1) is 20.9. The molecule has 0 saturated heterocycles. The largest absolute Gasteiger partial charge is 0.512 e. The van der Waals surface area contributed by atoms with Crippen LogP contribution in [-0.4, -0.2) is 33.2 Å². The van der Waals surface area contributed by atoms with Gasteiger partial charge in [0.2, 0.25) is 0 Å². The number of aliphatic hydroxyl groups excluding tert-OH is 1. The van der Waals surface area contributed by atoms with E-state index in [1.165, 1.54) is 11.8 Å². The summed E-state index contributed by atoms with van der Waals surface area (Å²) in [5.74, 6) is 3.11. The Balaban J connectivity index is 1.58. The van der Waals surface area contributed by atoms with Gasteiger partial charge in [-0.15, -0.1) is 10.2 Å². The lowest BCUT2D eigenvalue weighted by Crippen LogP contribution is -1.84. The standard InChI is InChI=1S/C26H21N3O3S/c1-16(30)15-33-26-27-25(28-29-26)23-14-22(17-6-4-3-5-7-17)24(32-23)20-9-8-19-13-21(31-2)11-10-18(19)12-20/h3-14,30H,1,15H2,2H3,(H,27,28,29). The Morgan fingerprint density at radius 3 is 2.58 bits per heavy atom. The summed E-state index contributed by atoms with van der Waals surface area (Å²) in [6.45, 7) is 3.50. The molecule has 0 aliphatic heterocycles. The zero-order valence-electron chi connectivity index (χ0n) is 17.9. The third-order valence-electron chi connectivity index (χ3n) is 5.20. The topological polar surface area (TPSA) is 84.2 Å². The van der Waals surface area contributed by atoms with Gasteiger partial charge in [-0.1, -0.05) is 66.9 Å². The number of rotatable bonds is 7. The predicted octanol–water partition coefficient (Wildman–Crippen LogP) is 6.72. The van der Waals surface area contributed by atoms with Crippen LogP contribution in [0.2, 0.25) is 0 Å². The zero-order valence-corrected chi connectivity index (χ0v) is 18.7. The lowest BCUT2D eigenvalue weighted by molar-refractivity contribution is 0.415. The predicted molar refractivity (Wildman–Crippen MR) is 132 cm³/mol. The van der Waals surface area contributed by atoms with Crippen LogP contribution in [0.4, 0.5) is 0 Å². The van der Waals surface area contributed by atoms with Gasteiger partial charge in [-0.3, -0.25) is 0 Å². The van der Waals surface area contributed by atoms with E-state index in [2.05, 4.69) is 46.0 Å². The summed E-state index contributed by atoms with van der Waals surface area (Å²) >= 11 is 1.32. The van der Waals surface area contributed by atoms with Crippen molar-refractivity contribution in [2.45, 2.75) is 5.16 Å². The summed E-state index contributed by atoms with van der Waals surface area (Å²) in [5.41, 5.74) is 2.97. The fourth-order valence-electron chi connectivity index (χ4n) is 3.62. The Hall–Kier alpha value is -3.97. The minimum Gasteiger partial charge on any atom is -0.512 e. The van der Waals surface area contributed by atoms with E-state index < -0.39 is 0 Å². The maximum absolute atomic E-state index is 9.33. The normalized spacial score (nSPS) is 11.1. The summed E-state index contributed by atoms with van der Waals surface area (Å²) in [4.78, 5) is 3.15. The number of nitrogens with one attached hydrogen (secondary N) is 1. The number of benzene rings is 3. The van der Waals surface area contributed by atoms with Crippen LogP contribution in [0.5, 0.6) is 5.75 Å². The van der Waals surface area contributed by atoms with Gasteiger partial charge >= 0.3 is 0 Å². The van der Waals surface area contributed by atoms with Gasteiger partial charge in [0.1, 0.15) is 11.5 Å². The quantitative estimate of drug-likeness (QED) is 0.209. The summed E-state index contributed by atoms with van der Waals surface area (Å²) < 4.78 is 11.7. The van der Waals surface area contributed by atoms with Gasteiger partial charge in [0.05, 0.1) is 18.6 Å². The second-order valence-electron chi connectivity index (χ2n) is 7.48. The van der Waals surface area contributed by atoms with Crippen LogP contribution in [0.1, 0.15) is 0 Å². The van der Waals surface area contributed by atoms with E-state index in [1.54, 1.807) is 7.11 Å². The number of hydrogen-bond donors (Lipinski definition) is 2. The Morgan fingerprint density at radius 1 is 1.00 bits per heavy atom. The maximum Gasteiger partial charge on any atom is 0.197 e. The first-order valence-corrected chi connectivity index (χ1v) is 11.3. The second-order valence-corrected chi connectivity index (χ2v) is 8.45. The van der Waals surface area contributed by atoms with Crippen LogP contribution in [0.3, 0.4) is 0 Å². The number of hydrogen-bond acceptors (Lipinski definition) is 6. The lowest BCUT2D eigenvalue weighted by atomic mass is 9.99. The number of fused-ring (bicyclic) bond motifs is 1. The highest BCUT2D eigenvalue weighted by atomic mass is 32.2. The number of methoxy groups -OCH3 is 1. The van der Waals surface area contributed by atoms with Gasteiger partial charge < -0.3 is 19.2 Å². The molecule has 0 bridgehead atoms. The molecule has 0 atom stereocenters. The molecule has 0 unspecified atom stereocenters. The van der Waals surface area contributed by atoms with Crippen molar-refractivity contribution in [2.24, 2.45) is 0 Å². The SMILES string of the molecule is C=C(O)CSc1nnc(-c2cc(-c3ccccc3)c(-c3ccc4cc(OC)ccc4c3)o2)[nH]1. The van der Waals surface area contributed by atoms with Crippen LogP contribution < -0.4 is 4.74 Å². The van der Waals surface area contributed by atoms with Gasteiger partial charge in [0.15, 0.2) is 16.7 Å². The zero-order chi connectivity index (χ0) is 22.8. The van der Waals surface area contributed by atoms with Crippen LogP contribution in [0.15, 0.2) is 94.7 Å². The monoisotopic (exact) mass is 455 g/mol. The van der Waals surface area contributed by atoms with Crippen molar-refractivity contribution in [3.8, 4) is 39.8 Å². The van der Waals surface area contributed by atoms with Crippen molar-refractivity contribution in [1.82, 2.24) is 15.2 Å². The molecule has 2 N–H and O–H groups in total. The third kappa shape index (κ3) is 4.36. The Labute approximate surface area is 194 Å². The molecule has 33 heavy (non-hydrogen) atoms. The number of ether oxygens (including phenoxy) is 1. The molecule has 0 aliphatic carbocycles. The molecular formula is C26H21N3O3S. The van der Waals surface area contributed by atoms with E-state index in [4.69, 9.17) is 9.15 Å². The van der Waals surface area contributed by atoms with Crippen molar-refractivity contribution >= 4 is 22.5 Å². The third-order valence-corrected chi connectivity index (χ3v) is 6.14. The first-order chi connectivity index (χ1) is 16.1. The van der Waals surface area contributed by atoms with E-state index in [1.807, 2.05) is 48.5 Å². The molecule has 0 radical (unpaired) electrons. The van der Waals surface area contributed by atoms with E-state index >= 15 is 0 Å². The smallest absolute Gasteiger partial charge is 0.197 e. The molecule has 2 aromatic heterocycles. The van der Waals surface area contributed by atoms with Gasteiger partial charge in [0, 0.05) is 11.1 Å². The maximum atomic E-state index is 9.33. The molecule has 5 rings (SSSR count). The first-order valence-electron chi connectivity index (χ1n) is 10.3. The molecule has 2 heterocycles. The molecule has 0 spiro atoms. The molecule has 7 heteroatoms. The minimum absolute atomic E-state index is 0.0820. The Kier molecular flexibility index (Phi) is 5.62. The molecule has 6 nitrogen and oxygen atoms in total. The van der Waals surface area contributed by atoms with Gasteiger partial charge in [-0.2, -0.15) is 0 Å². The van der Waals surface area contributed by atoms with Crippen molar-refractivity contribution in [3.63, 3.8) is 0 Å². The summed E-state index contributed by atoms with van der Waals surface area (Å²) in [7, 11) is 1.67. The van der Waals surface area contributed by atoms with E-state index in [-0.39, 0.29) is 5.76 Å². The van der Waals surface area contributed by atoms with E-state index in [0.29, 0.717) is 22.5 Å². The molecule has 5 aromatic rings. The molecule has 164 valence electrons. The van der Waals surface area contributed by atoms with E-state index in [0.717, 1.165) is 39.0 Å². The number of furan rings is 1. The molecule has 3 aromatic carbocycles. The average Bonchev–Trinajstić information content (AvgIpc) is 3.50. The Bertz CT molecular complexity index is 1440. The number of aromatic nitrogens is 3. The number of H-pyrrole nitrogens is 1. The molecule has 0 saturated carbocycles. The summed E-state index contributed by atoms with van der Waals surface area (Å²) in [5, 5.41) is 20.5. The highest BCUT2D eigenvalue weighted by Gasteiger charge is 2.19. The van der Waals surface area contributed by atoms with Gasteiger partial charge in [-0.25, -0.2) is 0 Å². The summed E-state index contributed by atoms with van der Waals surface area (Å²) in [6.07, 6.45) is 0. The average molecular weight is 456 g/mol. The number of aliphatic hydroxyl groups is 1. The molecular weight excluding hydrogens is 434 g/mol. The van der Waals surface area contributed by atoms with Gasteiger partial charge in [-0.05, 0) is 40.6 Å². The fraction of sp³-hybridized carbons (Fsp3) is 0.0769. The molecule has 0 fully saturated rings. The van der Waals surface area contributed by atoms with Crippen molar-refractivity contribution in [2.75, 3.05) is 12.9 Å². The number of aromatic amines is 1. The second kappa shape index (κ2) is 8.88. The Morgan fingerprint density at radius 2 is 1.79 bits per heavy atom. The lowest BCUT2D eigenvalue weighted by Gasteiger charge is -2.06. The highest BCUT2D eigenvalue weighted by molar-refractivity contribution is 7.99. The van der Waals surface area contributed by atoms with E-state index in [9.17, 15) is 5.11 Å². The minimum atomic E-state index is 0.0820. The van der Waals surface area contributed by atoms with Gasteiger partial charge in [0.25, 0.3) is 0 Å². The van der Waals surface area contributed by atoms with Crippen LogP contribution >= 0.6 is 11.8 Å². The molecule has 0 aliphatic rings. The van der Waals surface area contributed by atoms with Crippen molar-refractivity contribution < 1.29 is 14.3 Å². The number of nitrogens with zero attached hydrogens (tertiary/aromatic N) is 2. The van der Waals surface area contributed by atoms with Crippen LogP contribution in [0, 0.1) is 0 Å². The summed E-state index contributed by atoms with van der Waals surface area (Å²) in [6, 6.07) is 24.3. The molecule has 0 amide bonds. The van der Waals surface area contributed by atoms with Crippen molar-refractivity contribution in [1.29, 1.82) is 0 Å². The van der Waals surface area contributed by atoms with Crippen LogP contribution in [-0.2, 0) is 0 Å². The van der Waals surface area contributed by atoms with Crippen LogP contribution in [0.25, 0.3) is 44.8 Å². The number of thioether (sulfide) groups is 1.